The molecule has 27 heavy (non-hydrogen) atoms. The van der Waals surface area contributed by atoms with Gasteiger partial charge in [-0.1, -0.05) is 48.0 Å². The number of H-pyrrole nitrogens is 1. The van der Waals surface area contributed by atoms with E-state index in [2.05, 4.69) is 30.7 Å². The number of anilines is 1. The first-order valence-electron chi connectivity index (χ1n) is 8.40. The molecule has 0 aliphatic heterocycles. The molecule has 8 nitrogen and oxygen atoms in total. The van der Waals surface area contributed by atoms with Crippen molar-refractivity contribution in [3.05, 3.63) is 71.5 Å². The van der Waals surface area contributed by atoms with E-state index in [9.17, 15) is 4.79 Å². The van der Waals surface area contributed by atoms with Crippen molar-refractivity contribution in [3.8, 4) is 17.1 Å². The maximum absolute atomic E-state index is 12.5. The summed E-state index contributed by atoms with van der Waals surface area (Å²) in [6, 6.07) is 17.3. The van der Waals surface area contributed by atoms with E-state index in [4.69, 9.17) is 0 Å². The third-order valence-corrected chi connectivity index (χ3v) is 4.02. The zero-order valence-corrected chi connectivity index (χ0v) is 14.8. The number of amides is 1. The highest BCUT2D eigenvalue weighted by molar-refractivity contribution is 6.02. The second-order valence-corrected chi connectivity index (χ2v) is 6.09. The molecule has 0 saturated heterocycles. The van der Waals surface area contributed by atoms with Gasteiger partial charge in [-0.2, -0.15) is 14.9 Å². The van der Waals surface area contributed by atoms with Crippen molar-refractivity contribution in [2.24, 2.45) is 0 Å². The predicted molar refractivity (Wildman–Crippen MR) is 101 cm³/mol. The van der Waals surface area contributed by atoms with Crippen LogP contribution >= 0.6 is 0 Å². The molecular formula is C19H17N7O. The van der Waals surface area contributed by atoms with Gasteiger partial charge in [0.2, 0.25) is 5.95 Å². The topological polar surface area (TPSA) is 101 Å². The first-order chi connectivity index (χ1) is 13.1. The lowest BCUT2D eigenvalue weighted by Gasteiger charge is -1.98. The Morgan fingerprint density at radius 3 is 2.48 bits per heavy atom. The minimum Gasteiger partial charge on any atom is -0.288 e. The second-order valence-electron chi connectivity index (χ2n) is 6.09. The zero-order chi connectivity index (χ0) is 18.8. The van der Waals surface area contributed by atoms with Crippen LogP contribution in [0.15, 0.2) is 54.6 Å². The Morgan fingerprint density at radius 2 is 1.74 bits per heavy atom. The molecule has 134 valence electrons. The molecule has 0 spiro atoms. The van der Waals surface area contributed by atoms with Crippen LogP contribution in [0.1, 0.15) is 21.7 Å². The summed E-state index contributed by atoms with van der Waals surface area (Å²) in [5.41, 5.74) is 3.56. The monoisotopic (exact) mass is 359 g/mol. The summed E-state index contributed by atoms with van der Waals surface area (Å²) in [5.74, 6) is 0.350. The van der Waals surface area contributed by atoms with E-state index >= 15 is 0 Å². The van der Waals surface area contributed by atoms with Gasteiger partial charge in [-0.15, -0.1) is 10.2 Å². The third-order valence-electron chi connectivity index (χ3n) is 4.02. The van der Waals surface area contributed by atoms with Gasteiger partial charge in [0.1, 0.15) is 0 Å². The molecule has 2 aromatic carbocycles. The summed E-state index contributed by atoms with van der Waals surface area (Å²) in [5, 5.41) is 18.1. The summed E-state index contributed by atoms with van der Waals surface area (Å²) >= 11 is 0. The minimum atomic E-state index is -0.413. The highest BCUT2D eigenvalue weighted by Crippen LogP contribution is 2.17. The summed E-state index contributed by atoms with van der Waals surface area (Å²) in [6.45, 7) is 3.75. The number of aromatic amines is 1. The maximum Gasteiger partial charge on any atom is 0.280 e. The van der Waals surface area contributed by atoms with Crippen LogP contribution in [0.5, 0.6) is 0 Å². The van der Waals surface area contributed by atoms with E-state index in [0.717, 1.165) is 16.8 Å². The molecule has 4 rings (SSSR count). The molecule has 0 unspecified atom stereocenters. The third kappa shape index (κ3) is 3.45. The summed E-state index contributed by atoms with van der Waals surface area (Å²) < 4.78 is 0. The molecule has 0 atom stereocenters. The quantitative estimate of drug-likeness (QED) is 0.583. The number of aryl methyl sites for hydroxylation is 2. The maximum atomic E-state index is 12.5. The predicted octanol–water partition coefficient (Wildman–Crippen LogP) is 2.92. The molecule has 0 bridgehead atoms. The molecule has 2 heterocycles. The Hall–Kier alpha value is -3.81. The van der Waals surface area contributed by atoms with Gasteiger partial charge in [-0.25, -0.2) is 0 Å². The number of rotatable bonds is 4. The Labute approximate surface area is 155 Å². The van der Waals surface area contributed by atoms with E-state index in [1.807, 2.05) is 61.5 Å². The van der Waals surface area contributed by atoms with Crippen molar-refractivity contribution in [2.75, 3.05) is 5.32 Å². The lowest BCUT2D eigenvalue weighted by atomic mass is 10.1. The van der Waals surface area contributed by atoms with Gasteiger partial charge < -0.3 is 0 Å². The fraction of sp³-hybridized carbons (Fsp3) is 0.105. The van der Waals surface area contributed by atoms with E-state index in [1.165, 1.54) is 4.80 Å². The Morgan fingerprint density at radius 1 is 1.00 bits per heavy atom. The largest absolute Gasteiger partial charge is 0.288 e. The van der Waals surface area contributed by atoms with E-state index in [0.29, 0.717) is 11.5 Å². The van der Waals surface area contributed by atoms with Crippen LogP contribution in [0.3, 0.4) is 0 Å². The van der Waals surface area contributed by atoms with Crippen LogP contribution in [0, 0.1) is 13.8 Å². The van der Waals surface area contributed by atoms with E-state index in [1.54, 1.807) is 6.92 Å². The molecule has 0 aliphatic carbocycles. The van der Waals surface area contributed by atoms with E-state index in [-0.39, 0.29) is 11.6 Å². The number of para-hydroxylation sites is 1. The first kappa shape index (κ1) is 16.6. The number of carbonyl (C=O) groups excluding carboxylic acids is 1. The SMILES string of the molecule is Cc1ccc(-c2nc(NC(=O)c3nn(-c4ccccc4)nc3C)n[nH]2)cc1. The van der Waals surface area contributed by atoms with Crippen LogP contribution in [-0.2, 0) is 0 Å². The Balaban J connectivity index is 1.53. The number of benzene rings is 2. The first-order valence-corrected chi connectivity index (χ1v) is 8.40. The number of nitrogens with zero attached hydrogens (tertiary/aromatic N) is 5. The van der Waals surface area contributed by atoms with Gasteiger partial charge in [0.05, 0.1) is 11.4 Å². The van der Waals surface area contributed by atoms with Crippen molar-refractivity contribution in [1.29, 1.82) is 0 Å². The van der Waals surface area contributed by atoms with Crippen molar-refractivity contribution in [2.45, 2.75) is 13.8 Å². The molecule has 2 aromatic heterocycles. The standard InChI is InChI=1S/C19H17N7O/c1-12-8-10-14(11-9-12)17-20-19(23-22-17)21-18(27)16-13(2)24-26(25-16)15-6-4-3-5-7-15/h3-11H,1-2H3,(H2,20,21,22,23,27). The molecular weight excluding hydrogens is 342 g/mol. The smallest absolute Gasteiger partial charge is 0.280 e. The van der Waals surface area contributed by atoms with Gasteiger partial charge in [0, 0.05) is 5.56 Å². The van der Waals surface area contributed by atoms with Gasteiger partial charge in [-0.3, -0.25) is 15.2 Å². The second kappa shape index (κ2) is 6.83. The number of aromatic nitrogens is 6. The van der Waals surface area contributed by atoms with Gasteiger partial charge >= 0.3 is 0 Å². The number of hydrogen-bond acceptors (Lipinski definition) is 5. The van der Waals surface area contributed by atoms with Crippen LogP contribution in [-0.4, -0.2) is 36.1 Å². The van der Waals surface area contributed by atoms with Crippen LogP contribution < -0.4 is 5.32 Å². The average Bonchev–Trinajstić information content (AvgIpc) is 3.30. The molecule has 0 aliphatic rings. The Kier molecular flexibility index (Phi) is 4.21. The van der Waals surface area contributed by atoms with Crippen LogP contribution in [0.2, 0.25) is 0 Å². The molecule has 8 heteroatoms. The van der Waals surface area contributed by atoms with Crippen molar-refractivity contribution < 1.29 is 4.79 Å². The molecule has 4 aromatic rings. The molecule has 2 N–H and O–H groups in total. The van der Waals surface area contributed by atoms with Crippen molar-refractivity contribution in [1.82, 2.24) is 30.2 Å². The molecule has 0 saturated carbocycles. The lowest BCUT2D eigenvalue weighted by Crippen LogP contribution is -2.15. The molecule has 1 amide bonds. The number of hydrogen-bond donors (Lipinski definition) is 2. The van der Waals surface area contributed by atoms with Crippen LogP contribution in [0.4, 0.5) is 5.95 Å². The zero-order valence-electron chi connectivity index (χ0n) is 14.8. The van der Waals surface area contributed by atoms with E-state index < -0.39 is 5.91 Å². The molecule has 0 radical (unpaired) electrons. The van der Waals surface area contributed by atoms with Gasteiger partial charge in [-0.05, 0) is 26.0 Å². The van der Waals surface area contributed by atoms with Crippen LogP contribution in [0.25, 0.3) is 17.1 Å². The number of carbonyl (C=O) groups is 1. The van der Waals surface area contributed by atoms with Crippen molar-refractivity contribution in [3.63, 3.8) is 0 Å². The van der Waals surface area contributed by atoms with Gasteiger partial charge in [0.25, 0.3) is 5.91 Å². The summed E-state index contributed by atoms with van der Waals surface area (Å²) in [6.07, 6.45) is 0. The summed E-state index contributed by atoms with van der Waals surface area (Å²) in [4.78, 5) is 18.3. The van der Waals surface area contributed by atoms with Gasteiger partial charge in [0.15, 0.2) is 11.5 Å². The molecule has 0 fully saturated rings. The minimum absolute atomic E-state index is 0.184. The number of nitrogens with one attached hydrogen (secondary N) is 2. The lowest BCUT2D eigenvalue weighted by molar-refractivity contribution is 0.102. The summed E-state index contributed by atoms with van der Waals surface area (Å²) in [7, 11) is 0. The normalized spacial score (nSPS) is 10.7. The average molecular weight is 359 g/mol. The fourth-order valence-corrected chi connectivity index (χ4v) is 2.58. The van der Waals surface area contributed by atoms with Crippen molar-refractivity contribution >= 4 is 11.9 Å². The highest BCUT2D eigenvalue weighted by atomic mass is 16.2. The highest BCUT2D eigenvalue weighted by Gasteiger charge is 2.18. The Bertz CT molecular complexity index is 1080. The fourth-order valence-electron chi connectivity index (χ4n) is 2.58.